The fraction of sp³-hybridized carbons (Fsp3) is 0.212. The summed E-state index contributed by atoms with van der Waals surface area (Å²) >= 11 is 0. The summed E-state index contributed by atoms with van der Waals surface area (Å²) in [4.78, 5) is 9.64. The van der Waals surface area contributed by atoms with Gasteiger partial charge in [-0.2, -0.15) is 0 Å². The molecule has 0 fully saturated rings. The summed E-state index contributed by atoms with van der Waals surface area (Å²) in [5.41, 5.74) is 12.6. The molecule has 0 N–H and O–H groups in total. The van der Waals surface area contributed by atoms with Crippen molar-refractivity contribution < 1.29 is 9.13 Å². The minimum Gasteiger partial charge on any atom is -0.489 e. The number of hydrogen-bond donors (Lipinski definition) is 0. The van der Waals surface area contributed by atoms with E-state index in [0.29, 0.717) is 23.7 Å². The number of nitrogens with zero attached hydrogens (tertiary/aromatic N) is 4. The van der Waals surface area contributed by atoms with E-state index in [1.807, 2.05) is 42.6 Å². The minimum atomic E-state index is -0.316. The van der Waals surface area contributed by atoms with Crippen molar-refractivity contribution in [3.05, 3.63) is 180 Å². The lowest BCUT2D eigenvalue weighted by Crippen LogP contribution is -2.30. The number of aromatic nitrogens is 2. The number of para-hydroxylation sites is 3. The highest BCUT2D eigenvalue weighted by atomic mass is 19.1. The molecule has 0 saturated heterocycles. The number of anilines is 3. The van der Waals surface area contributed by atoms with Crippen LogP contribution in [-0.2, 0) is 18.4 Å². The second-order valence-corrected chi connectivity index (χ2v) is 16.7. The van der Waals surface area contributed by atoms with Crippen LogP contribution in [0, 0.1) is 5.82 Å². The van der Waals surface area contributed by atoms with Gasteiger partial charge < -0.3 is 14.5 Å². The molecule has 3 heterocycles. The normalized spacial score (nSPS) is 12.9. The summed E-state index contributed by atoms with van der Waals surface area (Å²) in [6.45, 7) is 13.1. The fourth-order valence-electron chi connectivity index (χ4n) is 8.59. The molecule has 0 radical (unpaired) electrons. The predicted molar refractivity (Wildman–Crippen MR) is 238 cm³/mol. The van der Waals surface area contributed by atoms with Gasteiger partial charge in [-0.3, -0.25) is 4.57 Å². The Bertz CT molecular complexity index is 2760. The molecule has 2 aromatic heterocycles. The summed E-state index contributed by atoms with van der Waals surface area (Å²) in [5.74, 6) is 1.34. The quantitative estimate of drug-likeness (QED) is 0.139. The number of hydrogen-bond acceptors (Lipinski definition) is 4. The van der Waals surface area contributed by atoms with Gasteiger partial charge in [0.25, 0.3) is 0 Å². The van der Waals surface area contributed by atoms with E-state index in [2.05, 4.69) is 152 Å². The Morgan fingerprint density at radius 2 is 1.50 bits per heavy atom. The van der Waals surface area contributed by atoms with Crippen LogP contribution in [0.1, 0.15) is 62.8 Å². The average Bonchev–Trinajstić information content (AvgIpc) is 3.78. The molecule has 58 heavy (non-hydrogen) atoms. The molecular weight excluding hydrogens is 716 g/mol. The summed E-state index contributed by atoms with van der Waals surface area (Å²) in [7, 11) is 0. The maximum Gasteiger partial charge on any atom is 0.137 e. The van der Waals surface area contributed by atoms with Crippen LogP contribution in [0.15, 0.2) is 152 Å². The third-order valence-corrected chi connectivity index (χ3v) is 11.5. The SMILES string of the molecule is CC(C)c1cccc(-c2ccccc2)c1CCN1CN(c2cccc(COc3cc(F)c4c5ccccc5n(-c5cc(C(C)(C)C)ccn5)c4c3)c2)c2ccccc21. The lowest BCUT2D eigenvalue weighted by atomic mass is 9.88. The first-order chi connectivity index (χ1) is 28.1. The molecule has 8 aromatic rings. The van der Waals surface area contributed by atoms with Crippen molar-refractivity contribution in [2.75, 3.05) is 23.0 Å². The van der Waals surface area contributed by atoms with Gasteiger partial charge in [0, 0.05) is 41.3 Å². The van der Waals surface area contributed by atoms with Gasteiger partial charge in [0.05, 0.1) is 29.1 Å². The van der Waals surface area contributed by atoms with E-state index < -0.39 is 0 Å². The van der Waals surface area contributed by atoms with E-state index in [0.717, 1.165) is 58.7 Å². The second kappa shape index (κ2) is 15.2. The zero-order valence-electron chi connectivity index (χ0n) is 33.9. The molecule has 0 aliphatic carbocycles. The van der Waals surface area contributed by atoms with Gasteiger partial charge in [0.1, 0.15) is 24.0 Å². The second-order valence-electron chi connectivity index (χ2n) is 16.7. The lowest BCUT2D eigenvalue weighted by Gasteiger charge is -2.24. The van der Waals surface area contributed by atoms with Crippen molar-refractivity contribution >= 4 is 38.9 Å². The van der Waals surface area contributed by atoms with Crippen molar-refractivity contribution in [2.45, 2.75) is 59.0 Å². The average molecular weight is 765 g/mol. The Labute approximate surface area is 341 Å². The predicted octanol–water partition coefficient (Wildman–Crippen LogP) is 13.1. The highest BCUT2D eigenvalue weighted by molar-refractivity contribution is 6.09. The highest BCUT2D eigenvalue weighted by Gasteiger charge is 2.27. The third kappa shape index (κ3) is 6.97. The largest absolute Gasteiger partial charge is 0.489 e. The number of pyridine rings is 1. The first-order valence-electron chi connectivity index (χ1n) is 20.3. The molecule has 0 atom stereocenters. The number of halogens is 1. The van der Waals surface area contributed by atoms with E-state index in [4.69, 9.17) is 9.72 Å². The minimum absolute atomic E-state index is 0.0633. The van der Waals surface area contributed by atoms with Gasteiger partial charge in [-0.25, -0.2) is 9.37 Å². The molecular formula is C52H49FN4O. The van der Waals surface area contributed by atoms with Crippen molar-refractivity contribution in [2.24, 2.45) is 0 Å². The van der Waals surface area contributed by atoms with Crippen LogP contribution >= 0.6 is 0 Å². The van der Waals surface area contributed by atoms with E-state index in [1.54, 1.807) is 0 Å². The standard InChI is InChI=1S/C52H49FN4O/c1-35(2)41-20-14-21-42(37-16-7-6-8-17-37)43(41)26-28-55-34-56(48-24-12-11-23-47(48)55)39-18-13-15-36(29-39)33-58-40-31-45(53)51-44-19-9-10-22-46(44)57(49(51)32-40)50-30-38(25-27-54-50)52(3,4)5/h6-25,27,29-32,35H,26,28,33-34H2,1-5H3. The van der Waals surface area contributed by atoms with E-state index in [9.17, 15) is 0 Å². The maximum absolute atomic E-state index is 16.2. The molecule has 0 amide bonds. The highest BCUT2D eigenvalue weighted by Crippen LogP contribution is 2.42. The van der Waals surface area contributed by atoms with Crippen molar-refractivity contribution in [1.29, 1.82) is 0 Å². The molecule has 290 valence electrons. The van der Waals surface area contributed by atoms with Crippen LogP contribution in [0.4, 0.5) is 21.5 Å². The number of rotatable bonds is 10. The van der Waals surface area contributed by atoms with Crippen LogP contribution < -0.4 is 14.5 Å². The van der Waals surface area contributed by atoms with E-state index >= 15 is 4.39 Å². The number of fused-ring (bicyclic) bond motifs is 4. The molecule has 1 aliphatic heterocycles. The van der Waals surface area contributed by atoms with Gasteiger partial charge in [0.15, 0.2) is 0 Å². The number of ether oxygens (including phenoxy) is 1. The fourth-order valence-corrected chi connectivity index (χ4v) is 8.59. The molecule has 6 heteroatoms. The maximum atomic E-state index is 16.2. The first-order valence-corrected chi connectivity index (χ1v) is 20.3. The van der Waals surface area contributed by atoms with Gasteiger partial charge in [0.2, 0.25) is 0 Å². The topological polar surface area (TPSA) is 33.5 Å². The monoisotopic (exact) mass is 764 g/mol. The zero-order valence-corrected chi connectivity index (χ0v) is 33.9. The van der Waals surface area contributed by atoms with Gasteiger partial charge in [-0.05, 0) is 93.6 Å². The van der Waals surface area contributed by atoms with Crippen LogP contribution in [0.5, 0.6) is 5.75 Å². The van der Waals surface area contributed by atoms with Crippen molar-refractivity contribution in [3.8, 4) is 22.7 Å². The Kier molecular flexibility index (Phi) is 9.72. The molecule has 0 bridgehead atoms. The molecule has 0 saturated carbocycles. The summed E-state index contributed by atoms with van der Waals surface area (Å²) in [6.07, 6.45) is 2.78. The van der Waals surface area contributed by atoms with Crippen molar-refractivity contribution in [1.82, 2.24) is 9.55 Å². The third-order valence-electron chi connectivity index (χ3n) is 11.5. The lowest BCUT2D eigenvalue weighted by molar-refractivity contribution is 0.305. The molecule has 9 rings (SSSR count). The molecule has 1 aliphatic rings. The molecule has 0 spiro atoms. The number of benzene rings is 6. The first kappa shape index (κ1) is 37.2. The van der Waals surface area contributed by atoms with Crippen LogP contribution in [0.3, 0.4) is 0 Å². The Balaban J connectivity index is 0.981. The van der Waals surface area contributed by atoms with Crippen molar-refractivity contribution in [3.63, 3.8) is 0 Å². The van der Waals surface area contributed by atoms with E-state index in [1.165, 1.54) is 39.7 Å². The molecule has 0 unspecified atom stereocenters. The van der Waals surface area contributed by atoms with Gasteiger partial charge in [-0.1, -0.05) is 126 Å². The van der Waals surface area contributed by atoms with Gasteiger partial charge >= 0.3 is 0 Å². The van der Waals surface area contributed by atoms with Gasteiger partial charge in [-0.15, -0.1) is 0 Å². The summed E-state index contributed by atoms with van der Waals surface area (Å²) < 4.78 is 24.6. The molecule has 5 nitrogen and oxygen atoms in total. The Morgan fingerprint density at radius 1 is 0.741 bits per heavy atom. The Morgan fingerprint density at radius 3 is 2.31 bits per heavy atom. The van der Waals surface area contributed by atoms with Crippen LogP contribution in [0.25, 0.3) is 38.8 Å². The van der Waals surface area contributed by atoms with Crippen LogP contribution in [-0.4, -0.2) is 22.8 Å². The smallest absolute Gasteiger partial charge is 0.137 e. The summed E-state index contributed by atoms with van der Waals surface area (Å²) in [5, 5.41) is 1.41. The zero-order chi connectivity index (χ0) is 40.0. The van der Waals surface area contributed by atoms with E-state index in [-0.39, 0.29) is 11.2 Å². The summed E-state index contributed by atoms with van der Waals surface area (Å²) in [6, 6.07) is 50.2. The molecule has 6 aromatic carbocycles. The van der Waals surface area contributed by atoms with Crippen LogP contribution in [0.2, 0.25) is 0 Å². The Hall–Kier alpha value is -6.40.